The number of thiazole rings is 1. The Balaban J connectivity index is 2.03. The molecule has 0 bridgehead atoms. The Morgan fingerprint density at radius 3 is 2.43 bits per heavy atom. The van der Waals surface area contributed by atoms with Crippen molar-refractivity contribution in [2.45, 2.75) is 52.0 Å². The molecule has 2 atom stereocenters. The molecule has 0 radical (unpaired) electrons. The molecular weight excluding hydrogens is 304 g/mol. The Morgan fingerprint density at radius 1 is 1.17 bits per heavy atom. The molecule has 126 valence electrons. The van der Waals surface area contributed by atoms with E-state index in [-0.39, 0.29) is 12.6 Å². The molecule has 2 aromatic rings. The van der Waals surface area contributed by atoms with Crippen LogP contribution in [0.4, 0.5) is 0 Å². The zero-order chi connectivity index (χ0) is 16.8. The number of nitrogens with zero attached hydrogens (tertiary/aromatic N) is 1. The van der Waals surface area contributed by atoms with Gasteiger partial charge in [-0.25, -0.2) is 4.98 Å². The van der Waals surface area contributed by atoms with Crippen molar-refractivity contribution in [3.8, 4) is 0 Å². The van der Waals surface area contributed by atoms with Gasteiger partial charge < -0.3 is 10.4 Å². The van der Waals surface area contributed by atoms with Gasteiger partial charge in [-0.3, -0.25) is 0 Å². The van der Waals surface area contributed by atoms with Gasteiger partial charge in [-0.15, -0.1) is 11.3 Å². The molecule has 1 aromatic carbocycles. The van der Waals surface area contributed by atoms with Crippen LogP contribution in [0.25, 0.3) is 0 Å². The number of aliphatic hydroxyl groups excluding tert-OH is 1. The number of rotatable bonds is 8. The van der Waals surface area contributed by atoms with Crippen LogP contribution in [0.1, 0.15) is 66.2 Å². The Kier molecular flexibility index (Phi) is 6.75. The third kappa shape index (κ3) is 4.87. The van der Waals surface area contributed by atoms with E-state index in [1.165, 1.54) is 15.4 Å². The monoisotopic (exact) mass is 332 g/mol. The number of benzene rings is 1. The Hall–Kier alpha value is -1.23. The largest absolute Gasteiger partial charge is 0.396 e. The first-order chi connectivity index (χ1) is 11.0. The van der Waals surface area contributed by atoms with Crippen LogP contribution in [0.2, 0.25) is 0 Å². The van der Waals surface area contributed by atoms with E-state index < -0.39 is 0 Å². The molecule has 3 nitrogen and oxygen atoms in total. The van der Waals surface area contributed by atoms with Crippen LogP contribution in [-0.2, 0) is 0 Å². The van der Waals surface area contributed by atoms with Gasteiger partial charge in [-0.05, 0) is 31.7 Å². The molecule has 0 saturated heterocycles. The lowest BCUT2D eigenvalue weighted by Crippen LogP contribution is -2.25. The molecule has 1 heterocycles. The summed E-state index contributed by atoms with van der Waals surface area (Å²) >= 11 is 1.81. The Labute approximate surface area is 143 Å². The summed E-state index contributed by atoms with van der Waals surface area (Å²) in [5.41, 5.74) is 2.42. The minimum absolute atomic E-state index is 0.215. The number of aromatic nitrogens is 1. The molecule has 0 fully saturated rings. The van der Waals surface area contributed by atoms with Gasteiger partial charge in [-0.1, -0.05) is 44.2 Å². The number of hydrogen-bond donors (Lipinski definition) is 2. The average molecular weight is 333 g/mol. The normalized spacial score (nSPS) is 14.2. The molecule has 0 aliphatic heterocycles. The SMILES string of the molecule is Cc1nc(C(C)C)sc1C(C)NCC(CCO)c1ccccc1. The van der Waals surface area contributed by atoms with Crippen molar-refractivity contribution < 1.29 is 5.11 Å². The summed E-state index contributed by atoms with van der Waals surface area (Å²) in [5, 5.41) is 14.2. The van der Waals surface area contributed by atoms with Crippen LogP contribution in [-0.4, -0.2) is 23.2 Å². The van der Waals surface area contributed by atoms with E-state index in [9.17, 15) is 5.11 Å². The zero-order valence-corrected chi connectivity index (χ0v) is 15.4. The molecular formula is C19H28N2OS. The van der Waals surface area contributed by atoms with Gasteiger partial charge in [0.1, 0.15) is 0 Å². The topological polar surface area (TPSA) is 45.2 Å². The summed E-state index contributed by atoms with van der Waals surface area (Å²) in [7, 11) is 0. The van der Waals surface area contributed by atoms with Crippen molar-refractivity contribution >= 4 is 11.3 Å². The molecule has 0 aliphatic carbocycles. The number of aryl methyl sites for hydroxylation is 1. The van der Waals surface area contributed by atoms with Crippen LogP contribution in [0.3, 0.4) is 0 Å². The summed E-state index contributed by atoms with van der Waals surface area (Å²) in [5.74, 6) is 0.813. The summed E-state index contributed by atoms with van der Waals surface area (Å²) in [4.78, 5) is 6.01. The lowest BCUT2D eigenvalue weighted by molar-refractivity contribution is 0.272. The van der Waals surface area contributed by atoms with E-state index in [1.54, 1.807) is 0 Å². The highest BCUT2D eigenvalue weighted by Gasteiger charge is 2.18. The van der Waals surface area contributed by atoms with Gasteiger partial charge in [0.15, 0.2) is 0 Å². The van der Waals surface area contributed by atoms with Crippen molar-refractivity contribution in [3.05, 3.63) is 51.5 Å². The van der Waals surface area contributed by atoms with Crippen LogP contribution in [0, 0.1) is 6.92 Å². The fourth-order valence-electron chi connectivity index (χ4n) is 2.76. The fourth-order valence-corrected chi connectivity index (χ4v) is 3.85. The summed E-state index contributed by atoms with van der Waals surface area (Å²) in [6, 6.07) is 10.7. The maximum Gasteiger partial charge on any atom is 0.0956 e. The second kappa shape index (κ2) is 8.57. The maximum atomic E-state index is 9.35. The van der Waals surface area contributed by atoms with E-state index in [4.69, 9.17) is 4.98 Å². The van der Waals surface area contributed by atoms with Gasteiger partial charge in [0, 0.05) is 30.0 Å². The molecule has 2 N–H and O–H groups in total. The standard InChI is InChI=1S/C19H28N2OS/c1-13(2)19-21-15(4)18(23-19)14(3)20-12-17(10-11-22)16-8-6-5-7-9-16/h5-9,13-14,17,20,22H,10-12H2,1-4H3. The van der Waals surface area contributed by atoms with Crippen molar-refractivity contribution in [3.63, 3.8) is 0 Å². The third-order valence-corrected chi connectivity index (χ3v) is 5.80. The van der Waals surface area contributed by atoms with E-state index in [2.05, 4.69) is 57.3 Å². The van der Waals surface area contributed by atoms with E-state index in [0.717, 1.165) is 18.7 Å². The van der Waals surface area contributed by atoms with E-state index in [1.807, 2.05) is 17.4 Å². The van der Waals surface area contributed by atoms with Crippen LogP contribution < -0.4 is 5.32 Å². The molecule has 0 aliphatic rings. The van der Waals surface area contributed by atoms with Gasteiger partial charge in [0.2, 0.25) is 0 Å². The minimum Gasteiger partial charge on any atom is -0.396 e. The van der Waals surface area contributed by atoms with E-state index >= 15 is 0 Å². The summed E-state index contributed by atoms with van der Waals surface area (Å²) < 4.78 is 0. The highest BCUT2D eigenvalue weighted by atomic mass is 32.1. The Morgan fingerprint density at radius 2 is 1.87 bits per heavy atom. The predicted octanol–water partition coefficient (Wildman–Crippen LogP) is 4.39. The average Bonchev–Trinajstić information content (AvgIpc) is 2.94. The molecule has 23 heavy (non-hydrogen) atoms. The summed E-state index contributed by atoms with van der Waals surface area (Å²) in [6.07, 6.45) is 0.780. The molecule has 2 unspecified atom stereocenters. The molecule has 0 amide bonds. The molecule has 2 rings (SSSR count). The molecule has 1 aromatic heterocycles. The number of nitrogens with one attached hydrogen (secondary N) is 1. The fraction of sp³-hybridized carbons (Fsp3) is 0.526. The highest BCUT2D eigenvalue weighted by molar-refractivity contribution is 7.11. The first-order valence-electron chi connectivity index (χ1n) is 8.39. The maximum absolute atomic E-state index is 9.35. The predicted molar refractivity (Wildman–Crippen MR) is 98.2 cm³/mol. The number of aliphatic hydroxyl groups is 1. The minimum atomic E-state index is 0.215. The van der Waals surface area contributed by atoms with Crippen LogP contribution in [0.15, 0.2) is 30.3 Å². The van der Waals surface area contributed by atoms with Crippen LogP contribution in [0.5, 0.6) is 0 Å². The van der Waals surface area contributed by atoms with Crippen molar-refractivity contribution in [1.82, 2.24) is 10.3 Å². The Bertz CT molecular complexity index is 595. The quantitative estimate of drug-likeness (QED) is 0.753. The number of hydrogen-bond acceptors (Lipinski definition) is 4. The lowest BCUT2D eigenvalue weighted by atomic mass is 9.95. The first-order valence-corrected chi connectivity index (χ1v) is 9.21. The van der Waals surface area contributed by atoms with E-state index in [0.29, 0.717) is 11.8 Å². The van der Waals surface area contributed by atoms with Crippen molar-refractivity contribution in [1.29, 1.82) is 0 Å². The highest BCUT2D eigenvalue weighted by Crippen LogP contribution is 2.29. The van der Waals surface area contributed by atoms with Gasteiger partial charge in [-0.2, -0.15) is 0 Å². The summed E-state index contributed by atoms with van der Waals surface area (Å²) in [6.45, 7) is 9.75. The van der Waals surface area contributed by atoms with Gasteiger partial charge in [0.05, 0.1) is 10.7 Å². The second-order valence-electron chi connectivity index (χ2n) is 6.41. The molecule has 0 spiro atoms. The third-order valence-electron chi connectivity index (χ3n) is 4.16. The van der Waals surface area contributed by atoms with Crippen molar-refractivity contribution in [2.75, 3.05) is 13.2 Å². The zero-order valence-electron chi connectivity index (χ0n) is 14.5. The van der Waals surface area contributed by atoms with Crippen molar-refractivity contribution in [2.24, 2.45) is 0 Å². The first kappa shape index (κ1) is 18.1. The lowest BCUT2D eigenvalue weighted by Gasteiger charge is -2.20. The second-order valence-corrected chi connectivity index (χ2v) is 7.47. The van der Waals surface area contributed by atoms with Gasteiger partial charge >= 0.3 is 0 Å². The van der Waals surface area contributed by atoms with Crippen LogP contribution >= 0.6 is 11.3 Å². The van der Waals surface area contributed by atoms with Gasteiger partial charge in [0.25, 0.3) is 0 Å². The smallest absolute Gasteiger partial charge is 0.0956 e. The molecule has 0 saturated carbocycles. The molecule has 4 heteroatoms.